The summed E-state index contributed by atoms with van der Waals surface area (Å²) in [5.74, 6) is 1.40. The van der Waals surface area contributed by atoms with E-state index in [1.54, 1.807) is 20.4 Å². The van der Waals surface area contributed by atoms with E-state index in [2.05, 4.69) is 11.9 Å². The van der Waals surface area contributed by atoms with Gasteiger partial charge in [-0.3, -0.25) is 4.99 Å². The molecule has 3 nitrogen and oxygen atoms in total. The van der Waals surface area contributed by atoms with Crippen molar-refractivity contribution in [3.8, 4) is 11.5 Å². The molecule has 0 aliphatic rings. The van der Waals surface area contributed by atoms with Gasteiger partial charge in [-0.2, -0.15) is 0 Å². The van der Waals surface area contributed by atoms with Gasteiger partial charge in [-0.1, -0.05) is 23.8 Å². The summed E-state index contributed by atoms with van der Waals surface area (Å²) in [6.45, 7) is 2.05. The number of methoxy groups -OCH3 is 2. The fourth-order valence-electron chi connectivity index (χ4n) is 1.79. The SMILES string of the molecule is COc1cccc(C=Nc2ccc(C)cc2)c1OC. The molecule has 0 atom stereocenters. The second-order valence-electron chi connectivity index (χ2n) is 4.18. The standard InChI is InChI=1S/C16H17NO2/c1-12-7-9-14(10-8-12)17-11-13-5-4-6-15(18-2)16(13)19-3/h4-11H,1-3H3. The zero-order valence-electron chi connectivity index (χ0n) is 11.4. The van der Waals surface area contributed by atoms with Gasteiger partial charge in [0.05, 0.1) is 19.9 Å². The van der Waals surface area contributed by atoms with E-state index in [-0.39, 0.29) is 0 Å². The molecule has 0 amide bonds. The molecule has 0 unspecified atom stereocenters. The van der Waals surface area contributed by atoms with Crippen molar-refractivity contribution >= 4 is 11.9 Å². The van der Waals surface area contributed by atoms with Crippen molar-refractivity contribution in [3.05, 3.63) is 53.6 Å². The average molecular weight is 255 g/mol. The summed E-state index contributed by atoms with van der Waals surface area (Å²) in [6, 6.07) is 13.8. The van der Waals surface area contributed by atoms with Gasteiger partial charge in [0.25, 0.3) is 0 Å². The molecule has 0 aliphatic carbocycles. The minimum absolute atomic E-state index is 0.695. The third-order valence-electron chi connectivity index (χ3n) is 2.82. The number of ether oxygens (including phenoxy) is 2. The molecular formula is C16H17NO2. The molecular weight excluding hydrogens is 238 g/mol. The van der Waals surface area contributed by atoms with Gasteiger partial charge in [-0.15, -0.1) is 0 Å². The molecule has 2 aromatic carbocycles. The molecule has 98 valence electrons. The van der Waals surface area contributed by atoms with E-state index in [1.807, 2.05) is 42.5 Å². The Hall–Kier alpha value is -2.29. The molecule has 0 saturated heterocycles. The molecule has 2 aromatic rings. The minimum Gasteiger partial charge on any atom is -0.493 e. The highest BCUT2D eigenvalue weighted by atomic mass is 16.5. The summed E-state index contributed by atoms with van der Waals surface area (Å²) in [6.07, 6.45) is 1.78. The Bertz CT molecular complexity index is 574. The van der Waals surface area contributed by atoms with Crippen molar-refractivity contribution in [2.45, 2.75) is 6.92 Å². The fourth-order valence-corrected chi connectivity index (χ4v) is 1.79. The minimum atomic E-state index is 0.695. The lowest BCUT2D eigenvalue weighted by Crippen LogP contribution is -1.94. The number of rotatable bonds is 4. The first-order valence-corrected chi connectivity index (χ1v) is 6.06. The molecule has 0 heterocycles. The Morgan fingerprint density at radius 1 is 0.947 bits per heavy atom. The summed E-state index contributed by atoms with van der Waals surface area (Å²) >= 11 is 0. The van der Waals surface area contributed by atoms with E-state index >= 15 is 0 Å². The van der Waals surface area contributed by atoms with Crippen LogP contribution in [0.2, 0.25) is 0 Å². The van der Waals surface area contributed by atoms with Crippen LogP contribution in [0, 0.1) is 6.92 Å². The zero-order chi connectivity index (χ0) is 13.7. The van der Waals surface area contributed by atoms with E-state index < -0.39 is 0 Å². The number of aliphatic imine (C=N–C) groups is 1. The van der Waals surface area contributed by atoms with Gasteiger partial charge >= 0.3 is 0 Å². The van der Waals surface area contributed by atoms with Crippen LogP contribution in [0.3, 0.4) is 0 Å². The van der Waals surface area contributed by atoms with E-state index in [9.17, 15) is 0 Å². The topological polar surface area (TPSA) is 30.8 Å². The van der Waals surface area contributed by atoms with Crippen LogP contribution in [-0.2, 0) is 0 Å². The maximum Gasteiger partial charge on any atom is 0.169 e. The maximum absolute atomic E-state index is 5.36. The molecule has 3 heteroatoms. The van der Waals surface area contributed by atoms with Crippen molar-refractivity contribution < 1.29 is 9.47 Å². The van der Waals surface area contributed by atoms with Crippen LogP contribution in [0.1, 0.15) is 11.1 Å². The Kier molecular flexibility index (Phi) is 4.18. The van der Waals surface area contributed by atoms with Crippen LogP contribution in [0.5, 0.6) is 11.5 Å². The molecule has 0 radical (unpaired) electrons. The molecule has 0 fully saturated rings. The predicted molar refractivity (Wildman–Crippen MR) is 78.0 cm³/mol. The van der Waals surface area contributed by atoms with Gasteiger partial charge < -0.3 is 9.47 Å². The fraction of sp³-hybridized carbons (Fsp3) is 0.188. The lowest BCUT2D eigenvalue weighted by Gasteiger charge is -2.09. The molecule has 0 aromatic heterocycles. The van der Waals surface area contributed by atoms with Crippen LogP contribution in [-0.4, -0.2) is 20.4 Å². The summed E-state index contributed by atoms with van der Waals surface area (Å²) in [5.41, 5.74) is 3.02. The number of aryl methyl sites for hydroxylation is 1. The molecule has 2 rings (SSSR count). The van der Waals surface area contributed by atoms with Crippen LogP contribution in [0.15, 0.2) is 47.5 Å². The highest BCUT2D eigenvalue weighted by molar-refractivity contribution is 5.86. The lowest BCUT2D eigenvalue weighted by molar-refractivity contribution is 0.354. The highest BCUT2D eigenvalue weighted by Crippen LogP contribution is 2.29. The molecule has 0 aliphatic heterocycles. The lowest BCUT2D eigenvalue weighted by atomic mass is 10.2. The summed E-state index contributed by atoms with van der Waals surface area (Å²) in [5, 5.41) is 0. The first-order valence-electron chi connectivity index (χ1n) is 6.06. The van der Waals surface area contributed by atoms with Crippen molar-refractivity contribution in [2.24, 2.45) is 4.99 Å². The molecule has 0 bridgehead atoms. The first kappa shape index (κ1) is 13.1. The Morgan fingerprint density at radius 2 is 1.68 bits per heavy atom. The van der Waals surface area contributed by atoms with Crippen LogP contribution in [0.25, 0.3) is 0 Å². The second kappa shape index (κ2) is 6.05. The third-order valence-corrected chi connectivity index (χ3v) is 2.82. The average Bonchev–Trinajstić information content (AvgIpc) is 2.46. The third kappa shape index (κ3) is 3.13. The van der Waals surface area contributed by atoms with E-state index in [0.717, 1.165) is 11.3 Å². The molecule has 0 saturated carbocycles. The number of hydrogen-bond acceptors (Lipinski definition) is 3. The van der Waals surface area contributed by atoms with Crippen molar-refractivity contribution in [2.75, 3.05) is 14.2 Å². The predicted octanol–water partition coefficient (Wildman–Crippen LogP) is 3.76. The molecule has 19 heavy (non-hydrogen) atoms. The number of hydrogen-bond donors (Lipinski definition) is 0. The number of para-hydroxylation sites is 1. The molecule has 0 N–H and O–H groups in total. The van der Waals surface area contributed by atoms with Crippen LogP contribution >= 0.6 is 0 Å². The van der Waals surface area contributed by atoms with E-state index in [1.165, 1.54) is 5.56 Å². The highest BCUT2D eigenvalue weighted by Gasteiger charge is 2.06. The van der Waals surface area contributed by atoms with E-state index in [4.69, 9.17) is 9.47 Å². The normalized spacial score (nSPS) is 10.7. The van der Waals surface area contributed by atoms with E-state index in [0.29, 0.717) is 11.5 Å². The largest absolute Gasteiger partial charge is 0.493 e. The Labute approximate surface area is 113 Å². The smallest absolute Gasteiger partial charge is 0.169 e. The van der Waals surface area contributed by atoms with Crippen molar-refractivity contribution in [3.63, 3.8) is 0 Å². The van der Waals surface area contributed by atoms with Gasteiger partial charge in [0, 0.05) is 11.8 Å². The number of nitrogens with zero attached hydrogens (tertiary/aromatic N) is 1. The van der Waals surface area contributed by atoms with Gasteiger partial charge in [-0.05, 0) is 31.2 Å². The van der Waals surface area contributed by atoms with Crippen LogP contribution < -0.4 is 9.47 Å². The van der Waals surface area contributed by atoms with Gasteiger partial charge in [-0.25, -0.2) is 0 Å². The second-order valence-corrected chi connectivity index (χ2v) is 4.18. The molecule has 0 spiro atoms. The summed E-state index contributed by atoms with van der Waals surface area (Å²) < 4.78 is 10.6. The first-order chi connectivity index (χ1) is 9.24. The van der Waals surface area contributed by atoms with Gasteiger partial charge in [0.15, 0.2) is 11.5 Å². The van der Waals surface area contributed by atoms with Gasteiger partial charge in [0.2, 0.25) is 0 Å². The Morgan fingerprint density at radius 3 is 2.32 bits per heavy atom. The monoisotopic (exact) mass is 255 g/mol. The summed E-state index contributed by atoms with van der Waals surface area (Å²) in [4.78, 5) is 4.44. The quantitative estimate of drug-likeness (QED) is 0.779. The van der Waals surface area contributed by atoms with Crippen molar-refractivity contribution in [1.82, 2.24) is 0 Å². The maximum atomic E-state index is 5.36. The number of benzene rings is 2. The zero-order valence-corrected chi connectivity index (χ0v) is 11.4. The van der Waals surface area contributed by atoms with Crippen molar-refractivity contribution in [1.29, 1.82) is 0 Å². The van der Waals surface area contributed by atoms with Crippen LogP contribution in [0.4, 0.5) is 5.69 Å². The Balaban J connectivity index is 2.30. The summed E-state index contributed by atoms with van der Waals surface area (Å²) in [7, 11) is 3.25. The van der Waals surface area contributed by atoms with Gasteiger partial charge in [0.1, 0.15) is 0 Å².